The molecule has 1 aliphatic rings. The molecule has 0 saturated carbocycles. The first-order chi connectivity index (χ1) is 12.3. The standard InChI is InChI=1S/C19H19N3O2S/c23-18(13-8-10-20-11-9-13)22-19-21-16-7-6-15(12-17(16)25-19)24-14-4-2-1-3-5-14/h1-7,12-13,20H,8-11H2,(H,21,22,23). The van der Waals surface area contributed by atoms with E-state index in [2.05, 4.69) is 15.6 Å². The molecule has 6 heteroatoms. The van der Waals surface area contributed by atoms with Crippen molar-refractivity contribution in [3.63, 3.8) is 0 Å². The number of ether oxygens (including phenoxy) is 1. The summed E-state index contributed by atoms with van der Waals surface area (Å²) in [5, 5.41) is 6.89. The predicted molar refractivity (Wildman–Crippen MR) is 100 cm³/mol. The fraction of sp³-hybridized carbons (Fsp3) is 0.263. The van der Waals surface area contributed by atoms with E-state index >= 15 is 0 Å². The Labute approximate surface area is 150 Å². The lowest BCUT2D eigenvalue weighted by Crippen LogP contribution is -2.34. The number of thiazole rings is 1. The monoisotopic (exact) mass is 353 g/mol. The molecule has 0 spiro atoms. The molecule has 0 atom stereocenters. The summed E-state index contributed by atoms with van der Waals surface area (Å²) < 4.78 is 6.85. The molecule has 4 rings (SSSR count). The van der Waals surface area contributed by atoms with Crippen LogP contribution in [-0.2, 0) is 4.79 Å². The molecule has 2 heterocycles. The second kappa shape index (κ2) is 7.21. The summed E-state index contributed by atoms with van der Waals surface area (Å²) in [6.07, 6.45) is 1.76. The van der Waals surface area contributed by atoms with Crippen molar-refractivity contribution in [1.29, 1.82) is 0 Å². The van der Waals surface area contributed by atoms with E-state index < -0.39 is 0 Å². The Balaban J connectivity index is 1.49. The third-order valence-electron chi connectivity index (χ3n) is 4.28. The van der Waals surface area contributed by atoms with E-state index in [0.717, 1.165) is 47.6 Å². The van der Waals surface area contributed by atoms with Crippen molar-refractivity contribution in [2.75, 3.05) is 18.4 Å². The van der Waals surface area contributed by atoms with E-state index in [9.17, 15) is 4.79 Å². The molecule has 0 radical (unpaired) electrons. The zero-order valence-corrected chi connectivity index (χ0v) is 14.5. The van der Waals surface area contributed by atoms with Gasteiger partial charge in [-0.05, 0) is 50.2 Å². The number of carbonyl (C=O) groups excluding carboxylic acids is 1. The van der Waals surface area contributed by atoms with Gasteiger partial charge in [-0.15, -0.1) is 0 Å². The van der Waals surface area contributed by atoms with Gasteiger partial charge in [0.1, 0.15) is 11.5 Å². The molecule has 1 aliphatic heterocycles. The lowest BCUT2D eigenvalue weighted by Gasteiger charge is -2.20. The van der Waals surface area contributed by atoms with E-state index in [0.29, 0.717) is 5.13 Å². The highest BCUT2D eigenvalue weighted by atomic mass is 32.1. The second-order valence-corrected chi connectivity index (χ2v) is 7.11. The molecule has 1 saturated heterocycles. The number of rotatable bonds is 4. The molecular weight excluding hydrogens is 334 g/mol. The first kappa shape index (κ1) is 16.1. The molecule has 0 aliphatic carbocycles. The van der Waals surface area contributed by atoms with Gasteiger partial charge in [-0.1, -0.05) is 29.5 Å². The Bertz CT molecular complexity index is 873. The molecule has 1 amide bonds. The zero-order valence-electron chi connectivity index (χ0n) is 13.7. The van der Waals surface area contributed by atoms with Gasteiger partial charge in [0, 0.05) is 12.0 Å². The predicted octanol–water partition coefficient (Wildman–Crippen LogP) is 4.03. The summed E-state index contributed by atoms with van der Waals surface area (Å²) in [6.45, 7) is 1.80. The number of anilines is 1. The number of piperidine rings is 1. The Hall–Kier alpha value is -2.44. The summed E-state index contributed by atoms with van der Waals surface area (Å²) in [6, 6.07) is 15.4. The highest BCUT2D eigenvalue weighted by Crippen LogP contribution is 2.31. The van der Waals surface area contributed by atoms with E-state index in [1.54, 1.807) is 0 Å². The highest BCUT2D eigenvalue weighted by molar-refractivity contribution is 7.22. The number of carbonyl (C=O) groups is 1. The fourth-order valence-corrected chi connectivity index (χ4v) is 3.84. The number of hydrogen-bond acceptors (Lipinski definition) is 5. The zero-order chi connectivity index (χ0) is 17.1. The van der Waals surface area contributed by atoms with Crippen molar-refractivity contribution in [2.24, 2.45) is 5.92 Å². The van der Waals surface area contributed by atoms with Crippen LogP contribution in [0.15, 0.2) is 48.5 Å². The quantitative estimate of drug-likeness (QED) is 0.743. The average molecular weight is 353 g/mol. The van der Waals surface area contributed by atoms with Crippen LogP contribution in [0.25, 0.3) is 10.2 Å². The minimum atomic E-state index is 0.0707. The van der Waals surface area contributed by atoms with E-state index in [-0.39, 0.29) is 11.8 Å². The van der Waals surface area contributed by atoms with Gasteiger partial charge in [0.2, 0.25) is 5.91 Å². The molecule has 25 heavy (non-hydrogen) atoms. The maximum absolute atomic E-state index is 12.4. The number of hydrogen-bond donors (Lipinski definition) is 2. The number of para-hydroxylation sites is 1. The van der Waals surface area contributed by atoms with Gasteiger partial charge in [-0.3, -0.25) is 4.79 Å². The first-order valence-corrected chi connectivity index (χ1v) is 9.25. The minimum absolute atomic E-state index is 0.0707. The number of fused-ring (bicyclic) bond motifs is 1. The summed E-state index contributed by atoms with van der Waals surface area (Å²) in [5.74, 6) is 1.70. The summed E-state index contributed by atoms with van der Waals surface area (Å²) in [4.78, 5) is 16.9. The molecule has 0 bridgehead atoms. The molecular formula is C19H19N3O2S. The Morgan fingerprint density at radius 1 is 1.12 bits per heavy atom. The van der Waals surface area contributed by atoms with Gasteiger partial charge in [-0.25, -0.2) is 4.98 Å². The topological polar surface area (TPSA) is 63.2 Å². The van der Waals surface area contributed by atoms with Gasteiger partial charge in [0.25, 0.3) is 0 Å². The number of nitrogens with one attached hydrogen (secondary N) is 2. The van der Waals surface area contributed by atoms with Gasteiger partial charge in [-0.2, -0.15) is 0 Å². The molecule has 1 aromatic heterocycles. The molecule has 3 aromatic rings. The van der Waals surface area contributed by atoms with Crippen LogP contribution < -0.4 is 15.4 Å². The Morgan fingerprint density at radius 3 is 2.72 bits per heavy atom. The SMILES string of the molecule is O=C(Nc1nc2ccc(Oc3ccccc3)cc2s1)C1CCNCC1. The normalized spacial score (nSPS) is 15.2. The largest absolute Gasteiger partial charge is 0.457 e. The van der Waals surface area contributed by atoms with E-state index in [1.165, 1.54) is 11.3 Å². The van der Waals surface area contributed by atoms with Crippen molar-refractivity contribution in [3.05, 3.63) is 48.5 Å². The molecule has 2 N–H and O–H groups in total. The van der Waals surface area contributed by atoms with Crippen LogP contribution in [-0.4, -0.2) is 24.0 Å². The minimum Gasteiger partial charge on any atom is -0.457 e. The molecule has 5 nitrogen and oxygen atoms in total. The van der Waals surface area contributed by atoms with E-state index in [4.69, 9.17) is 4.74 Å². The van der Waals surface area contributed by atoms with Crippen LogP contribution in [0, 0.1) is 5.92 Å². The van der Waals surface area contributed by atoms with Crippen LogP contribution in [0.5, 0.6) is 11.5 Å². The lowest BCUT2D eigenvalue weighted by atomic mass is 9.97. The van der Waals surface area contributed by atoms with E-state index in [1.807, 2.05) is 48.5 Å². The van der Waals surface area contributed by atoms with Crippen molar-refractivity contribution in [3.8, 4) is 11.5 Å². The van der Waals surface area contributed by atoms with Gasteiger partial charge < -0.3 is 15.4 Å². The third kappa shape index (κ3) is 3.81. The van der Waals surface area contributed by atoms with Crippen LogP contribution in [0.4, 0.5) is 5.13 Å². The molecule has 128 valence electrons. The van der Waals surface area contributed by atoms with Crippen molar-refractivity contribution < 1.29 is 9.53 Å². The van der Waals surface area contributed by atoms with Crippen molar-refractivity contribution in [1.82, 2.24) is 10.3 Å². The smallest absolute Gasteiger partial charge is 0.229 e. The molecule has 2 aromatic carbocycles. The van der Waals surface area contributed by atoms with Crippen LogP contribution in [0.1, 0.15) is 12.8 Å². The number of nitrogens with zero attached hydrogens (tertiary/aromatic N) is 1. The average Bonchev–Trinajstić information content (AvgIpc) is 3.05. The van der Waals surface area contributed by atoms with Crippen LogP contribution >= 0.6 is 11.3 Å². The van der Waals surface area contributed by atoms with Crippen molar-refractivity contribution >= 4 is 32.6 Å². The van der Waals surface area contributed by atoms with Crippen LogP contribution in [0.3, 0.4) is 0 Å². The Morgan fingerprint density at radius 2 is 1.92 bits per heavy atom. The lowest BCUT2D eigenvalue weighted by molar-refractivity contribution is -0.120. The first-order valence-electron chi connectivity index (χ1n) is 8.43. The maximum atomic E-state index is 12.4. The molecule has 1 fully saturated rings. The Kier molecular flexibility index (Phi) is 4.63. The summed E-state index contributed by atoms with van der Waals surface area (Å²) in [5.41, 5.74) is 0.867. The summed E-state index contributed by atoms with van der Waals surface area (Å²) in [7, 11) is 0. The highest BCUT2D eigenvalue weighted by Gasteiger charge is 2.21. The number of aromatic nitrogens is 1. The number of amides is 1. The third-order valence-corrected chi connectivity index (χ3v) is 5.21. The van der Waals surface area contributed by atoms with Gasteiger partial charge >= 0.3 is 0 Å². The second-order valence-electron chi connectivity index (χ2n) is 6.08. The van der Waals surface area contributed by atoms with Gasteiger partial charge in [0.05, 0.1) is 10.2 Å². The van der Waals surface area contributed by atoms with Crippen LogP contribution in [0.2, 0.25) is 0 Å². The van der Waals surface area contributed by atoms with Crippen molar-refractivity contribution in [2.45, 2.75) is 12.8 Å². The number of benzene rings is 2. The molecule has 0 unspecified atom stereocenters. The summed E-state index contributed by atoms with van der Waals surface area (Å²) >= 11 is 1.48. The van der Waals surface area contributed by atoms with Gasteiger partial charge in [0.15, 0.2) is 5.13 Å². The fourth-order valence-electron chi connectivity index (χ4n) is 2.94. The maximum Gasteiger partial charge on any atom is 0.229 e.